The van der Waals surface area contributed by atoms with Crippen LogP contribution in [-0.4, -0.2) is 25.0 Å². The highest BCUT2D eigenvalue weighted by atomic mass is 16.2. The lowest BCUT2D eigenvalue weighted by atomic mass is 9.99. The van der Waals surface area contributed by atoms with Crippen molar-refractivity contribution in [1.29, 1.82) is 0 Å². The predicted molar refractivity (Wildman–Crippen MR) is 115 cm³/mol. The number of rotatable bonds is 7. The third-order valence-electron chi connectivity index (χ3n) is 5.59. The van der Waals surface area contributed by atoms with Gasteiger partial charge in [0.2, 0.25) is 5.91 Å². The first-order chi connectivity index (χ1) is 13.2. The Morgan fingerprint density at radius 3 is 2.33 bits per heavy atom. The fourth-order valence-corrected chi connectivity index (χ4v) is 4.08. The summed E-state index contributed by atoms with van der Waals surface area (Å²) in [5.41, 5.74) is 3.82. The van der Waals surface area contributed by atoms with Gasteiger partial charge in [0.1, 0.15) is 0 Å². The van der Waals surface area contributed by atoms with Gasteiger partial charge in [-0.2, -0.15) is 0 Å². The maximum Gasteiger partial charge on any atom is 0.227 e. The molecule has 1 aliphatic heterocycles. The van der Waals surface area contributed by atoms with Crippen LogP contribution in [0.15, 0.2) is 54.6 Å². The van der Waals surface area contributed by atoms with E-state index in [0.29, 0.717) is 12.5 Å². The maximum absolute atomic E-state index is 13.0. The first-order valence-corrected chi connectivity index (χ1v) is 10.4. The third-order valence-corrected chi connectivity index (χ3v) is 5.59. The van der Waals surface area contributed by atoms with Crippen molar-refractivity contribution in [3.8, 4) is 0 Å². The molecule has 0 unspecified atom stereocenters. The summed E-state index contributed by atoms with van der Waals surface area (Å²) in [6.07, 6.45) is 5.76. The van der Waals surface area contributed by atoms with E-state index in [1.54, 1.807) is 0 Å². The number of carbonyl (C=O) groups excluding carboxylic acids is 1. The molecule has 27 heavy (non-hydrogen) atoms. The second-order valence-corrected chi connectivity index (χ2v) is 7.40. The molecule has 1 heterocycles. The molecule has 0 aliphatic carbocycles. The molecule has 2 aromatic carbocycles. The lowest BCUT2D eigenvalue weighted by Gasteiger charge is -2.40. The number of unbranched alkanes of at least 4 members (excludes halogenated alkanes) is 1. The van der Waals surface area contributed by atoms with E-state index in [-0.39, 0.29) is 5.91 Å². The van der Waals surface area contributed by atoms with E-state index in [0.717, 1.165) is 50.9 Å². The second kappa shape index (κ2) is 9.59. The molecule has 1 fully saturated rings. The number of hydrogen-bond acceptors (Lipinski definition) is 2. The van der Waals surface area contributed by atoms with Crippen molar-refractivity contribution in [2.24, 2.45) is 0 Å². The first-order valence-electron chi connectivity index (χ1n) is 10.4. The highest BCUT2D eigenvalue weighted by Gasteiger charge is 2.29. The zero-order valence-corrected chi connectivity index (χ0v) is 16.7. The number of piperidine rings is 1. The van der Waals surface area contributed by atoms with E-state index in [1.807, 2.05) is 18.2 Å². The third kappa shape index (κ3) is 4.71. The van der Waals surface area contributed by atoms with Crippen molar-refractivity contribution in [2.45, 2.75) is 58.4 Å². The van der Waals surface area contributed by atoms with Crippen molar-refractivity contribution in [3.05, 3.63) is 60.2 Å². The van der Waals surface area contributed by atoms with Crippen LogP contribution < -0.4 is 9.80 Å². The molecule has 0 N–H and O–H groups in total. The van der Waals surface area contributed by atoms with Crippen molar-refractivity contribution < 1.29 is 4.79 Å². The van der Waals surface area contributed by atoms with Crippen molar-refractivity contribution in [2.75, 3.05) is 22.9 Å². The van der Waals surface area contributed by atoms with Crippen molar-refractivity contribution >= 4 is 17.3 Å². The summed E-state index contributed by atoms with van der Waals surface area (Å²) in [5, 5.41) is 0. The average molecular weight is 365 g/mol. The highest BCUT2D eigenvalue weighted by Crippen LogP contribution is 2.29. The quantitative estimate of drug-likeness (QED) is 0.653. The molecule has 3 rings (SSSR count). The van der Waals surface area contributed by atoms with Gasteiger partial charge in [-0.3, -0.25) is 4.79 Å². The molecular weight excluding hydrogens is 332 g/mol. The minimum Gasteiger partial charge on any atom is -0.371 e. The number of carbonyl (C=O) groups is 1. The van der Waals surface area contributed by atoms with Crippen molar-refractivity contribution in [3.63, 3.8) is 0 Å². The maximum atomic E-state index is 13.0. The molecule has 0 spiro atoms. The van der Waals surface area contributed by atoms with Gasteiger partial charge in [-0.05, 0) is 49.4 Å². The summed E-state index contributed by atoms with van der Waals surface area (Å²) >= 11 is 0. The fourth-order valence-electron chi connectivity index (χ4n) is 4.08. The van der Waals surface area contributed by atoms with Crippen LogP contribution in [0.25, 0.3) is 0 Å². The summed E-state index contributed by atoms with van der Waals surface area (Å²) in [6.45, 7) is 6.37. The zero-order valence-electron chi connectivity index (χ0n) is 16.7. The molecule has 144 valence electrons. The molecule has 1 aliphatic rings. The minimum absolute atomic E-state index is 0.274. The topological polar surface area (TPSA) is 23.6 Å². The summed E-state index contributed by atoms with van der Waals surface area (Å²) in [7, 11) is 0. The van der Waals surface area contributed by atoms with E-state index >= 15 is 0 Å². The van der Waals surface area contributed by atoms with E-state index in [9.17, 15) is 4.79 Å². The van der Waals surface area contributed by atoms with Gasteiger partial charge in [0, 0.05) is 36.9 Å². The largest absolute Gasteiger partial charge is 0.371 e. The van der Waals surface area contributed by atoms with Crippen LogP contribution >= 0.6 is 0 Å². The number of aryl methyl sites for hydroxylation is 1. The molecule has 2 aromatic rings. The molecule has 3 nitrogen and oxygen atoms in total. The van der Waals surface area contributed by atoms with E-state index in [4.69, 9.17) is 0 Å². The molecule has 0 bridgehead atoms. The lowest BCUT2D eigenvalue weighted by molar-refractivity contribution is -0.119. The summed E-state index contributed by atoms with van der Waals surface area (Å²) in [4.78, 5) is 17.5. The van der Waals surface area contributed by atoms with Gasteiger partial charge in [-0.1, -0.05) is 56.7 Å². The Kier molecular flexibility index (Phi) is 6.92. The Labute approximate surface area is 164 Å². The van der Waals surface area contributed by atoms with Gasteiger partial charge < -0.3 is 9.80 Å². The Hall–Kier alpha value is -2.29. The van der Waals surface area contributed by atoms with Gasteiger partial charge in [0.25, 0.3) is 0 Å². The number of hydrogen-bond donors (Lipinski definition) is 0. The van der Waals surface area contributed by atoms with Crippen LogP contribution in [-0.2, 0) is 11.2 Å². The van der Waals surface area contributed by atoms with E-state index in [2.05, 4.69) is 60.0 Å². The molecule has 3 heteroatoms. The normalized spacial score (nSPS) is 15.0. The molecule has 0 radical (unpaired) electrons. The number of nitrogens with zero attached hydrogens (tertiary/aromatic N) is 2. The van der Waals surface area contributed by atoms with Gasteiger partial charge in [-0.25, -0.2) is 0 Å². The Balaban J connectivity index is 1.73. The molecule has 0 aromatic heterocycles. The lowest BCUT2D eigenvalue weighted by Crippen LogP contribution is -2.48. The highest BCUT2D eigenvalue weighted by molar-refractivity contribution is 5.94. The molecular formula is C24H32N2O. The zero-order chi connectivity index (χ0) is 19.1. The Morgan fingerprint density at radius 2 is 1.67 bits per heavy atom. The fraction of sp³-hybridized carbons (Fsp3) is 0.458. The smallest absolute Gasteiger partial charge is 0.227 e. The number of anilines is 2. The van der Waals surface area contributed by atoms with E-state index < -0.39 is 0 Å². The number of para-hydroxylation sites is 2. The van der Waals surface area contributed by atoms with Gasteiger partial charge in [-0.15, -0.1) is 0 Å². The van der Waals surface area contributed by atoms with Crippen LogP contribution in [0.4, 0.5) is 11.4 Å². The van der Waals surface area contributed by atoms with Crippen LogP contribution in [0, 0.1) is 0 Å². The summed E-state index contributed by atoms with van der Waals surface area (Å²) in [6, 6.07) is 19.2. The van der Waals surface area contributed by atoms with Gasteiger partial charge in [0.15, 0.2) is 0 Å². The summed E-state index contributed by atoms with van der Waals surface area (Å²) < 4.78 is 0. The second-order valence-electron chi connectivity index (χ2n) is 7.40. The average Bonchev–Trinajstić information content (AvgIpc) is 2.73. The van der Waals surface area contributed by atoms with Crippen LogP contribution in [0.1, 0.15) is 51.5 Å². The van der Waals surface area contributed by atoms with Gasteiger partial charge >= 0.3 is 0 Å². The molecule has 0 atom stereocenters. The van der Waals surface area contributed by atoms with Crippen LogP contribution in [0.5, 0.6) is 0 Å². The minimum atomic E-state index is 0.274. The standard InChI is InChI=1S/C24H32N2O/c1-3-5-15-24(27)26(21-12-7-6-8-13-21)22-16-18-25(19-17-22)23-14-10-9-11-20(23)4-2/h6-14,22H,3-5,15-19H2,1-2H3. The monoisotopic (exact) mass is 364 g/mol. The number of benzene rings is 2. The number of amides is 1. The Bertz CT molecular complexity index is 720. The molecule has 1 saturated heterocycles. The van der Waals surface area contributed by atoms with E-state index in [1.165, 1.54) is 11.3 Å². The predicted octanol–water partition coefficient (Wildman–Crippen LogP) is 5.44. The van der Waals surface area contributed by atoms with Crippen molar-refractivity contribution in [1.82, 2.24) is 0 Å². The first kappa shape index (κ1) is 19.5. The molecule has 0 saturated carbocycles. The van der Waals surface area contributed by atoms with Crippen LogP contribution in [0.3, 0.4) is 0 Å². The molecule has 1 amide bonds. The summed E-state index contributed by atoms with van der Waals surface area (Å²) in [5.74, 6) is 0.274. The van der Waals surface area contributed by atoms with Gasteiger partial charge in [0.05, 0.1) is 0 Å². The Morgan fingerprint density at radius 1 is 1.00 bits per heavy atom. The SMILES string of the molecule is CCCCC(=O)N(c1ccccc1)C1CCN(c2ccccc2CC)CC1. The van der Waals surface area contributed by atoms with Crippen LogP contribution in [0.2, 0.25) is 0 Å².